The third-order valence-corrected chi connectivity index (χ3v) is 6.34. The van der Waals surface area contributed by atoms with Crippen LogP contribution in [0, 0.1) is 0 Å². The number of alkyl halides is 3. The van der Waals surface area contributed by atoms with E-state index in [-0.39, 0.29) is 5.91 Å². The van der Waals surface area contributed by atoms with Crippen LogP contribution in [-0.4, -0.2) is 28.3 Å². The largest absolute Gasteiger partial charge is 0.446 e. The molecular weight excluding hydrogens is 539 g/mol. The van der Waals surface area contributed by atoms with E-state index in [0.717, 1.165) is 41.0 Å². The second-order valence-electron chi connectivity index (χ2n) is 8.23. The van der Waals surface area contributed by atoms with E-state index in [4.69, 9.17) is 16.4 Å². The summed E-state index contributed by atoms with van der Waals surface area (Å²) in [5, 5.41) is 14.0. The minimum absolute atomic E-state index is 0.0297. The Morgan fingerprint density at radius 1 is 1.11 bits per heavy atom. The Morgan fingerprint density at radius 3 is 2.63 bits per heavy atom. The van der Waals surface area contributed by atoms with Crippen LogP contribution in [0.15, 0.2) is 65.5 Å². The number of halogens is 4. The number of nitrogens with one attached hydrogen (secondary N) is 3. The molecule has 0 radical (unpaired) electrons. The Morgan fingerprint density at radius 2 is 1.89 bits per heavy atom. The molecule has 0 aliphatic carbocycles. The number of hydrogen-bond acceptors (Lipinski definition) is 7. The Labute approximate surface area is 225 Å². The molecular formula is C26H21ClF3N5O2S. The van der Waals surface area contributed by atoms with Crippen LogP contribution in [-0.2, 0) is 28.9 Å². The molecule has 0 spiro atoms. The number of benzene rings is 2. The maximum Gasteiger partial charge on any atom is 0.446 e. The summed E-state index contributed by atoms with van der Waals surface area (Å²) >= 11 is 7.92. The van der Waals surface area contributed by atoms with E-state index in [0.29, 0.717) is 23.2 Å². The molecule has 0 saturated heterocycles. The van der Waals surface area contributed by atoms with Gasteiger partial charge in [0, 0.05) is 17.1 Å². The highest BCUT2D eigenvalue weighted by Gasteiger charge is 2.25. The van der Waals surface area contributed by atoms with Crippen molar-refractivity contribution in [1.82, 2.24) is 9.97 Å². The molecule has 0 saturated carbocycles. The van der Waals surface area contributed by atoms with Gasteiger partial charge in [-0.25, -0.2) is 4.98 Å². The monoisotopic (exact) mass is 559 g/mol. The predicted octanol–water partition coefficient (Wildman–Crippen LogP) is 6.71. The Kier molecular flexibility index (Phi) is 8.59. The van der Waals surface area contributed by atoms with Crippen LogP contribution in [0.1, 0.15) is 16.7 Å². The molecule has 0 unspecified atom stereocenters. The molecule has 196 valence electrons. The van der Waals surface area contributed by atoms with Gasteiger partial charge in [-0.05, 0) is 76.7 Å². The molecule has 2 aromatic carbocycles. The quantitative estimate of drug-likeness (QED) is 0.242. The summed E-state index contributed by atoms with van der Waals surface area (Å²) in [5.41, 5.74) is 5.80. The minimum Gasteiger partial charge on any atom is -0.339 e. The van der Waals surface area contributed by atoms with E-state index >= 15 is 0 Å². The van der Waals surface area contributed by atoms with Crippen molar-refractivity contribution in [3.63, 3.8) is 0 Å². The average molecular weight is 560 g/mol. The van der Waals surface area contributed by atoms with Crippen molar-refractivity contribution in [2.45, 2.75) is 25.4 Å². The van der Waals surface area contributed by atoms with Crippen molar-refractivity contribution < 1.29 is 22.8 Å². The van der Waals surface area contributed by atoms with Gasteiger partial charge >= 0.3 is 6.18 Å². The van der Waals surface area contributed by atoms with Gasteiger partial charge in [-0.3, -0.25) is 9.59 Å². The van der Waals surface area contributed by atoms with Crippen LogP contribution in [0.5, 0.6) is 0 Å². The Hall–Kier alpha value is -3.96. The molecule has 1 aliphatic rings. The van der Waals surface area contributed by atoms with Crippen molar-refractivity contribution >= 4 is 64.0 Å². The number of carbonyl (C=O) groups excluding carboxylic acids is 2. The molecule has 3 heterocycles. The fourth-order valence-electron chi connectivity index (χ4n) is 3.64. The maximum absolute atomic E-state index is 12.6. The molecule has 38 heavy (non-hydrogen) atoms. The van der Waals surface area contributed by atoms with Crippen molar-refractivity contribution in [1.29, 1.82) is 0 Å². The van der Waals surface area contributed by atoms with Gasteiger partial charge in [0.15, 0.2) is 5.82 Å². The number of amides is 1. The lowest BCUT2D eigenvalue weighted by Crippen LogP contribution is -2.15. The van der Waals surface area contributed by atoms with Crippen molar-refractivity contribution in [2.24, 2.45) is 0 Å². The summed E-state index contributed by atoms with van der Waals surface area (Å²) in [4.78, 5) is 30.1. The number of anilines is 5. The molecule has 4 aromatic rings. The van der Waals surface area contributed by atoms with Gasteiger partial charge in [-0.1, -0.05) is 23.7 Å². The van der Waals surface area contributed by atoms with Crippen molar-refractivity contribution in [3.8, 4) is 0 Å². The lowest BCUT2D eigenvalue weighted by molar-refractivity contribution is -0.156. The normalized spacial score (nSPS) is 12.2. The molecule has 5 rings (SSSR count). The van der Waals surface area contributed by atoms with E-state index < -0.39 is 12.5 Å². The third kappa shape index (κ3) is 7.77. The maximum atomic E-state index is 12.6. The first kappa shape index (κ1) is 27.1. The highest BCUT2D eigenvalue weighted by Crippen LogP contribution is 2.29. The van der Waals surface area contributed by atoms with E-state index in [1.807, 2.05) is 47.2 Å². The van der Waals surface area contributed by atoms with Crippen molar-refractivity contribution in [2.75, 3.05) is 16.0 Å². The average Bonchev–Trinajstić information content (AvgIpc) is 3.39. The molecule has 1 amide bonds. The van der Waals surface area contributed by atoms with Crippen LogP contribution >= 0.6 is 22.9 Å². The fourth-order valence-corrected chi connectivity index (χ4v) is 4.44. The van der Waals surface area contributed by atoms with E-state index in [9.17, 15) is 18.0 Å². The molecule has 3 N–H and O–H groups in total. The zero-order valence-electron chi connectivity index (χ0n) is 19.7. The number of thiophene rings is 1. The van der Waals surface area contributed by atoms with Gasteiger partial charge in [-0.2, -0.15) is 29.5 Å². The zero-order chi connectivity index (χ0) is 27.1. The zero-order valence-corrected chi connectivity index (χ0v) is 21.3. The van der Waals surface area contributed by atoms with Gasteiger partial charge in [-0.15, -0.1) is 0 Å². The summed E-state index contributed by atoms with van der Waals surface area (Å²) < 4.78 is 31.2. The lowest BCUT2D eigenvalue weighted by Gasteiger charge is -2.14. The second-order valence-corrected chi connectivity index (χ2v) is 9.42. The van der Waals surface area contributed by atoms with Crippen LogP contribution in [0.4, 0.5) is 42.0 Å². The number of hydrogen-bond donors (Lipinski definition) is 3. The third-order valence-electron chi connectivity index (χ3n) is 5.33. The molecule has 0 fully saturated rings. The number of aromatic nitrogens is 2. The summed E-state index contributed by atoms with van der Waals surface area (Å²) in [6, 6.07) is 16.0. The lowest BCUT2D eigenvalue weighted by atomic mass is 10.0. The number of fused-ring (bicyclic) bond motifs is 6. The fraction of sp³-hybridized carbons (Fsp3) is 0.154. The first-order valence-corrected chi connectivity index (χ1v) is 12.6. The van der Waals surface area contributed by atoms with E-state index in [2.05, 4.69) is 38.1 Å². The number of aryl methyl sites for hydroxylation is 2. The predicted molar refractivity (Wildman–Crippen MR) is 143 cm³/mol. The first-order chi connectivity index (χ1) is 18.2. The van der Waals surface area contributed by atoms with Crippen molar-refractivity contribution in [3.05, 3.63) is 87.2 Å². The van der Waals surface area contributed by atoms with Crippen LogP contribution in [0.25, 0.3) is 0 Å². The number of rotatable bonds is 3. The van der Waals surface area contributed by atoms with Gasteiger partial charge in [0.05, 0.1) is 12.6 Å². The molecule has 6 bridgehead atoms. The summed E-state index contributed by atoms with van der Waals surface area (Å²) in [5.74, 6) is 0.948. The molecule has 12 heteroatoms. The van der Waals surface area contributed by atoms with Crippen LogP contribution < -0.4 is 16.0 Å². The van der Waals surface area contributed by atoms with Gasteiger partial charge in [0.1, 0.15) is 5.02 Å². The van der Waals surface area contributed by atoms with Gasteiger partial charge in [0.2, 0.25) is 18.1 Å². The number of carbonyl (C=O) groups is 2. The molecule has 1 aliphatic heterocycles. The highest BCUT2D eigenvalue weighted by atomic mass is 35.5. The molecule has 0 atom stereocenters. The summed E-state index contributed by atoms with van der Waals surface area (Å²) in [6.07, 6.45) is -2.18. The molecule has 7 nitrogen and oxygen atoms in total. The summed E-state index contributed by atoms with van der Waals surface area (Å²) in [7, 11) is 0. The summed E-state index contributed by atoms with van der Waals surface area (Å²) in [6.45, 7) is 0. The van der Waals surface area contributed by atoms with Gasteiger partial charge < -0.3 is 16.0 Å². The Balaban J connectivity index is 0.000000505. The molecule has 2 aromatic heterocycles. The highest BCUT2D eigenvalue weighted by molar-refractivity contribution is 7.08. The number of nitrogens with zero attached hydrogens (tertiary/aromatic N) is 2. The topological polar surface area (TPSA) is 96.0 Å². The van der Waals surface area contributed by atoms with Crippen LogP contribution in [0.3, 0.4) is 0 Å². The smallest absolute Gasteiger partial charge is 0.339 e. The van der Waals surface area contributed by atoms with E-state index in [1.54, 1.807) is 17.5 Å². The number of aldehydes is 1. The van der Waals surface area contributed by atoms with Crippen LogP contribution in [0.2, 0.25) is 5.02 Å². The SMILES string of the molecule is O=C(Cc1ccsc1)Nc1ccc2cc1CCc1cccc(c1)Nc1ncc(Cl)c(n1)N2.O=CC(F)(F)F. The Bertz CT molecular complexity index is 1430. The minimum atomic E-state index is -4.64. The van der Waals surface area contributed by atoms with Gasteiger partial charge in [0.25, 0.3) is 0 Å². The van der Waals surface area contributed by atoms with E-state index in [1.165, 1.54) is 5.56 Å². The standard InChI is InChI=1S/C24H20ClN5OS.C2HF3O/c25-20-13-26-24-28-18-3-1-2-15(10-18)4-5-17-12-19(27-23(20)30-24)6-7-21(17)29-22(31)11-16-8-9-32-14-16;3-2(4,5)1-6/h1-3,6-10,12-14H,4-5,11H2,(H,29,31)(H2,26,27,28,30);1H. The first-order valence-electron chi connectivity index (χ1n) is 11.3. The second kappa shape index (κ2) is 12.1.